The van der Waals surface area contributed by atoms with Crippen molar-refractivity contribution in [1.29, 1.82) is 0 Å². The van der Waals surface area contributed by atoms with Gasteiger partial charge in [-0.3, -0.25) is 9.59 Å². The lowest BCUT2D eigenvalue weighted by Gasteiger charge is -2.46. The summed E-state index contributed by atoms with van der Waals surface area (Å²) >= 11 is 0. The molecule has 1 saturated heterocycles. The molecule has 0 aromatic rings. The number of hydrogen-bond acceptors (Lipinski definition) is 5. The van der Waals surface area contributed by atoms with Crippen LogP contribution < -0.4 is 0 Å². The van der Waals surface area contributed by atoms with Crippen LogP contribution in [0.15, 0.2) is 12.7 Å². The van der Waals surface area contributed by atoms with Crippen molar-refractivity contribution in [3.63, 3.8) is 0 Å². The second kappa shape index (κ2) is 8.21. The molecule has 1 aliphatic rings. The molecule has 0 aromatic carbocycles. The van der Waals surface area contributed by atoms with Crippen LogP contribution in [0.4, 0.5) is 4.79 Å². The summed E-state index contributed by atoms with van der Waals surface area (Å²) in [6, 6.07) is -0.716. The van der Waals surface area contributed by atoms with E-state index in [1.54, 1.807) is 6.08 Å². The highest BCUT2D eigenvalue weighted by molar-refractivity contribution is 6.19. The van der Waals surface area contributed by atoms with Gasteiger partial charge in [0.2, 0.25) is 11.8 Å². The first kappa shape index (κ1) is 19.3. The van der Waals surface area contributed by atoms with Crippen LogP contribution in [0, 0.1) is 11.3 Å². The van der Waals surface area contributed by atoms with E-state index in [0.717, 1.165) is 16.2 Å². The van der Waals surface area contributed by atoms with Crippen molar-refractivity contribution >= 4 is 17.8 Å². The minimum absolute atomic E-state index is 0.166. The molecule has 1 heterocycles. The van der Waals surface area contributed by atoms with Crippen LogP contribution in [0.25, 0.3) is 0 Å². The Bertz CT molecular complexity index is 449. The number of methoxy groups -OCH3 is 2. The van der Waals surface area contributed by atoms with Gasteiger partial charge >= 0.3 is 6.03 Å². The van der Waals surface area contributed by atoms with Crippen molar-refractivity contribution < 1.29 is 23.9 Å². The van der Waals surface area contributed by atoms with Crippen molar-refractivity contribution in [2.45, 2.75) is 33.1 Å². The Balaban J connectivity index is 3.42. The molecule has 1 aliphatic heterocycles. The molecule has 0 spiro atoms. The molecule has 0 aromatic heterocycles. The van der Waals surface area contributed by atoms with Gasteiger partial charge < -0.3 is 9.47 Å². The maximum absolute atomic E-state index is 13.0. The van der Waals surface area contributed by atoms with Gasteiger partial charge in [0, 0.05) is 14.2 Å². The normalized spacial score (nSPS) is 19.2. The van der Waals surface area contributed by atoms with E-state index in [1.807, 2.05) is 13.8 Å². The zero-order valence-electron chi connectivity index (χ0n) is 14.3. The molecule has 4 amide bonds. The number of nitrogens with zero attached hydrogens (tertiary/aromatic N) is 2. The summed E-state index contributed by atoms with van der Waals surface area (Å²) in [7, 11) is 2.78. The molecule has 1 rings (SSSR count). The third kappa shape index (κ3) is 3.30. The van der Waals surface area contributed by atoms with E-state index in [9.17, 15) is 14.4 Å². The van der Waals surface area contributed by atoms with Crippen LogP contribution in [-0.2, 0) is 19.1 Å². The Morgan fingerprint density at radius 3 is 1.96 bits per heavy atom. The Morgan fingerprint density at radius 1 is 1.13 bits per heavy atom. The smallest absolute Gasteiger partial charge is 0.337 e. The molecule has 0 N–H and O–H groups in total. The lowest BCUT2D eigenvalue weighted by molar-refractivity contribution is -0.168. The number of imide groups is 2. The van der Waals surface area contributed by atoms with Gasteiger partial charge in [0.25, 0.3) is 0 Å². The second-order valence-corrected chi connectivity index (χ2v) is 5.74. The Labute approximate surface area is 137 Å². The molecule has 7 nitrogen and oxygen atoms in total. The zero-order valence-corrected chi connectivity index (χ0v) is 14.3. The Hall–Kier alpha value is -1.73. The Kier molecular flexibility index (Phi) is 6.90. The molecular weight excluding hydrogens is 300 g/mol. The summed E-state index contributed by atoms with van der Waals surface area (Å²) in [5.41, 5.74) is -1.34. The number of carbonyl (C=O) groups excluding carboxylic acids is 3. The fourth-order valence-corrected chi connectivity index (χ4v) is 3.08. The first-order chi connectivity index (χ1) is 10.9. The third-order valence-electron chi connectivity index (χ3n) is 4.26. The number of urea groups is 1. The SMILES string of the molecule is C=CCC1(C(C)CCC)C(=O)N(COC)C(=O)N(COC)C1=O. The largest absolute Gasteiger partial charge is 0.364 e. The fourth-order valence-electron chi connectivity index (χ4n) is 3.08. The van der Waals surface area contributed by atoms with Crippen molar-refractivity contribution in [2.24, 2.45) is 11.3 Å². The number of amides is 4. The first-order valence-electron chi connectivity index (χ1n) is 7.68. The van der Waals surface area contributed by atoms with E-state index in [0.29, 0.717) is 6.42 Å². The standard InChI is InChI=1S/C16H26N2O5/c1-6-8-12(3)16(9-7-2)13(19)17(10-22-4)15(21)18(11-23-5)14(16)20/h7,12H,2,6,8-11H2,1,3-5H3. The second-order valence-electron chi connectivity index (χ2n) is 5.74. The predicted octanol–water partition coefficient (Wildman–Crippen LogP) is 1.98. The van der Waals surface area contributed by atoms with Gasteiger partial charge in [-0.2, -0.15) is 0 Å². The van der Waals surface area contributed by atoms with Crippen LogP contribution in [0.5, 0.6) is 0 Å². The summed E-state index contributed by atoms with van der Waals surface area (Å²) in [5.74, 6) is -1.29. The summed E-state index contributed by atoms with van der Waals surface area (Å²) in [5, 5.41) is 0. The Morgan fingerprint density at radius 2 is 1.61 bits per heavy atom. The van der Waals surface area contributed by atoms with Crippen molar-refractivity contribution in [2.75, 3.05) is 27.7 Å². The first-order valence-corrected chi connectivity index (χ1v) is 7.68. The minimum Gasteiger partial charge on any atom is -0.364 e. The van der Waals surface area contributed by atoms with Gasteiger partial charge in [0.15, 0.2) is 0 Å². The molecule has 1 unspecified atom stereocenters. The molecule has 1 atom stereocenters. The van der Waals surface area contributed by atoms with E-state index in [1.165, 1.54) is 14.2 Å². The van der Waals surface area contributed by atoms with Crippen LogP contribution in [-0.4, -0.2) is 55.3 Å². The van der Waals surface area contributed by atoms with E-state index in [4.69, 9.17) is 9.47 Å². The highest BCUT2D eigenvalue weighted by Gasteiger charge is 2.59. The quantitative estimate of drug-likeness (QED) is 0.478. The zero-order chi connectivity index (χ0) is 17.6. The molecule has 7 heteroatoms. The van der Waals surface area contributed by atoms with Gasteiger partial charge in [-0.1, -0.05) is 26.3 Å². The molecule has 23 heavy (non-hydrogen) atoms. The topological polar surface area (TPSA) is 76.2 Å². The van der Waals surface area contributed by atoms with Gasteiger partial charge in [-0.25, -0.2) is 14.6 Å². The summed E-state index contributed by atoms with van der Waals surface area (Å²) in [4.78, 5) is 40.4. The van der Waals surface area contributed by atoms with Crippen molar-refractivity contribution in [3.05, 3.63) is 12.7 Å². The van der Waals surface area contributed by atoms with Crippen LogP contribution in [0.3, 0.4) is 0 Å². The molecule has 0 bridgehead atoms. The molecule has 0 aliphatic carbocycles. The van der Waals surface area contributed by atoms with E-state index >= 15 is 0 Å². The monoisotopic (exact) mass is 326 g/mol. The molecular formula is C16H26N2O5. The summed E-state index contributed by atoms with van der Waals surface area (Å²) < 4.78 is 9.95. The number of carbonyl (C=O) groups is 3. The fraction of sp³-hybridized carbons (Fsp3) is 0.688. The lowest BCUT2D eigenvalue weighted by atomic mass is 9.68. The average molecular weight is 326 g/mol. The van der Waals surface area contributed by atoms with Gasteiger partial charge in [-0.05, 0) is 18.8 Å². The van der Waals surface area contributed by atoms with E-state index < -0.39 is 23.3 Å². The average Bonchev–Trinajstić information content (AvgIpc) is 2.52. The molecule has 130 valence electrons. The molecule has 0 radical (unpaired) electrons. The number of hydrogen-bond donors (Lipinski definition) is 0. The number of rotatable bonds is 9. The van der Waals surface area contributed by atoms with Crippen LogP contribution >= 0.6 is 0 Å². The van der Waals surface area contributed by atoms with E-state index in [2.05, 4.69) is 6.58 Å². The lowest BCUT2D eigenvalue weighted by Crippen LogP contribution is -2.67. The minimum atomic E-state index is -1.34. The predicted molar refractivity (Wildman–Crippen MR) is 84.2 cm³/mol. The van der Waals surface area contributed by atoms with Crippen molar-refractivity contribution in [3.8, 4) is 0 Å². The van der Waals surface area contributed by atoms with Gasteiger partial charge in [-0.15, -0.1) is 6.58 Å². The number of ether oxygens (including phenoxy) is 2. The summed E-state index contributed by atoms with van der Waals surface area (Å²) in [6.07, 6.45) is 3.22. The highest BCUT2D eigenvalue weighted by atomic mass is 16.5. The maximum Gasteiger partial charge on any atom is 0.337 e. The van der Waals surface area contributed by atoms with Crippen LogP contribution in [0.1, 0.15) is 33.1 Å². The maximum atomic E-state index is 13.0. The molecule has 0 saturated carbocycles. The highest BCUT2D eigenvalue weighted by Crippen LogP contribution is 2.42. The van der Waals surface area contributed by atoms with Crippen LogP contribution in [0.2, 0.25) is 0 Å². The van der Waals surface area contributed by atoms with Crippen molar-refractivity contribution in [1.82, 2.24) is 9.80 Å². The molecule has 1 fully saturated rings. The summed E-state index contributed by atoms with van der Waals surface area (Å²) in [6.45, 7) is 7.12. The number of barbiturate groups is 1. The third-order valence-corrected chi connectivity index (χ3v) is 4.26. The van der Waals surface area contributed by atoms with E-state index in [-0.39, 0.29) is 25.8 Å². The van der Waals surface area contributed by atoms with Gasteiger partial charge in [0.1, 0.15) is 18.9 Å². The van der Waals surface area contributed by atoms with Gasteiger partial charge in [0.05, 0.1) is 0 Å². The number of allylic oxidation sites excluding steroid dienone is 1.